The van der Waals surface area contributed by atoms with Gasteiger partial charge in [0, 0.05) is 11.5 Å². The highest BCUT2D eigenvalue weighted by molar-refractivity contribution is 6.08. The monoisotopic (exact) mass is 225 g/mol. The molecule has 0 bridgehead atoms. The van der Waals surface area contributed by atoms with Crippen molar-refractivity contribution in [3.05, 3.63) is 60.2 Å². The predicted octanol–water partition coefficient (Wildman–Crippen LogP) is 1.48. The summed E-state index contributed by atoms with van der Waals surface area (Å²) in [5.74, 6) is -0.242. The molecule has 84 valence electrons. The Kier molecular flexibility index (Phi) is 2.01. The number of carbonyl (C=O) groups is 2. The van der Waals surface area contributed by atoms with Gasteiger partial charge in [-0.1, -0.05) is 36.4 Å². The van der Waals surface area contributed by atoms with Gasteiger partial charge in [0.05, 0.1) is 0 Å². The van der Waals surface area contributed by atoms with Crippen LogP contribution >= 0.6 is 0 Å². The molecule has 3 nitrogen and oxygen atoms in total. The maximum atomic E-state index is 12.0. The van der Waals surface area contributed by atoms with E-state index in [2.05, 4.69) is 5.32 Å². The maximum Gasteiger partial charge on any atom is 0.252 e. The van der Waals surface area contributed by atoms with Crippen LogP contribution in [0.1, 0.15) is 10.4 Å². The van der Waals surface area contributed by atoms with Crippen molar-refractivity contribution in [3.63, 3.8) is 0 Å². The van der Waals surface area contributed by atoms with Crippen LogP contribution in [0.2, 0.25) is 0 Å². The first kappa shape index (κ1) is 10.0. The van der Waals surface area contributed by atoms with Gasteiger partial charge in [0.1, 0.15) is 5.54 Å². The normalized spacial score (nSPS) is 28.7. The van der Waals surface area contributed by atoms with Crippen LogP contribution in [0.4, 0.5) is 0 Å². The molecule has 3 heteroatoms. The number of fused-ring (bicyclic) bond motifs is 1. The van der Waals surface area contributed by atoms with Crippen LogP contribution in [0.15, 0.2) is 54.6 Å². The first-order chi connectivity index (χ1) is 8.22. The minimum absolute atomic E-state index is 0.0164. The fourth-order valence-electron chi connectivity index (χ4n) is 2.23. The van der Waals surface area contributed by atoms with Crippen molar-refractivity contribution in [2.45, 2.75) is 5.54 Å². The smallest absolute Gasteiger partial charge is 0.252 e. The average Bonchev–Trinajstić information content (AvgIpc) is 2.54. The van der Waals surface area contributed by atoms with Gasteiger partial charge in [-0.2, -0.15) is 0 Å². The molecule has 2 aliphatic carbocycles. The summed E-state index contributed by atoms with van der Waals surface area (Å²) in [5.41, 5.74) is -0.243. The number of hydrogen-bond donors (Lipinski definition) is 1. The number of amides is 1. The number of benzene rings is 1. The first-order valence-corrected chi connectivity index (χ1v) is 5.52. The molecule has 2 atom stereocenters. The summed E-state index contributed by atoms with van der Waals surface area (Å²) in [6, 6.07) is 8.92. The highest BCUT2D eigenvalue weighted by Crippen LogP contribution is 2.37. The maximum absolute atomic E-state index is 12.0. The van der Waals surface area contributed by atoms with Gasteiger partial charge in [-0.15, -0.1) is 0 Å². The zero-order valence-electron chi connectivity index (χ0n) is 9.09. The van der Waals surface area contributed by atoms with Gasteiger partial charge in [-0.25, -0.2) is 0 Å². The van der Waals surface area contributed by atoms with E-state index >= 15 is 0 Å². The molecule has 2 unspecified atom stereocenters. The van der Waals surface area contributed by atoms with Crippen LogP contribution in [0.3, 0.4) is 0 Å². The van der Waals surface area contributed by atoms with Crippen LogP contribution < -0.4 is 5.32 Å². The molecule has 1 aromatic carbocycles. The molecule has 1 amide bonds. The Morgan fingerprint density at radius 2 is 1.94 bits per heavy atom. The highest BCUT2D eigenvalue weighted by Gasteiger charge is 2.50. The average molecular weight is 225 g/mol. The highest BCUT2D eigenvalue weighted by atomic mass is 16.2. The standard InChI is InChI=1S/C14H11NO2/c16-12-7-6-11-8-9-14(11,12)15-13(17)10-4-2-1-3-5-10/h1-9,11H,(H,15,17). The molecule has 17 heavy (non-hydrogen) atoms. The molecule has 1 aromatic rings. The lowest BCUT2D eigenvalue weighted by Gasteiger charge is -2.37. The molecule has 0 saturated heterocycles. The molecule has 2 aliphatic rings. The van der Waals surface area contributed by atoms with Gasteiger partial charge < -0.3 is 5.32 Å². The zero-order valence-corrected chi connectivity index (χ0v) is 9.09. The molecule has 0 heterocycles. The fourth-order valence-corrected chi connectivity index (χ4v) is 2.23. The second-order valence-corrected chi connectivity index (χ2v) is 4.30. The van der Waals surface area contributed by atoms with Crippen molar-refractivity contribution >= 4 is 11.7 Å². The van der Waals surface area contributed by atoms with Crippen LogP contribution in [-0.4, -0.2) is 17.2 Å². The second kappa shape index (κ2) is 3.42. The molecular formula is C14H11NO2. The molecule has 1 N–H and O–H groups in total. The van der Waals surface area contributed by atoms with Gasteiger partial charge >= 0.3 is 0 Å². The topological polar surface area (TPSA) is 46.2 Å². The van der Waals surface area contributed by atoms with Crippen molar-refractivity contribution in [1.29, 1.82) is 0 Å². The summed E-state index contributed by atoms with van der Waals surface area (Å²) >= 11 is 0. The minimum Gasteiger partial charge on any atom is -0.335 e. The Morgan fingerprint density at radius 3 is 2.53 bits per heavy atom. The number of carbonyl (C=O) groups excluding carboxylic acids is 2. The van der Waals surface area contributed by atoms with Crippen molar-refractivity contribution in [2.75, 3.05) is 0 Å². The lowest BCUT2D eigenvalue weighted by atomic mass is 9.75. The summed E-state index contributed by atoms with van der Waals surface area (Å²) in [6.07, 6.45) is 7.05. The van der Waals surface area contributed by atoms with Crippen LogP contribution in [0.5, 0.6) is 0 Å². The Balaban J connectivity index is 1.84. The predicted molar refractivity (Wildman–Crippen MR) is 63.4 cm³/mol. The summed E-state index contributed by atoms with van der Waals surface area (Å²) in [6.45, 7) is 0. The van der Waals surface area contributed by atoms with Crippen molar-refractivity contribution < 1.29 is 9.59 Å². The lowest BCUT2D eigenvalue weighted by molar-refractivity contribution is -0.119. The van der Waals surface area contributed by atoms with E-state index in [4.69, 9.17) is 0 Å². The van der Waals surface area contributed by atoms with Gasteiger partial charge in [-0.3, -0.25) is 9.59 Å². The van der Waals surface area contributed by atoms with Gasteiger partial charge in [0.2, 0.25) is 0 Å². The van der Waals surface area contributed by atoms with Crippen LogP contribution in [-0.2, 0) is 4.79 Å². The molecular weight excluding hydrogens is 214 g/mol. The zero-order chi connectivity index (χ0) is 11.9. The number of ketones is 1. The van der Waals surface area contributed by atoms with Gasteiger partial charge in [0.15, 0.2) is 5.78 Å². The van der Waals surface area contributed by atoms with Gasteiger partial charge in [0.25, 0.3) is 5.91 Å². The van der Waals surface area contributed by atoms with E-state index in [0.717, 1.165) is 0 Å². The Hall–Kier alpha value is -2.16. The minimum atomic E-state index is -0.813. The largest absolute Gasteiger partial charge is 0.335 e. The molecule has 3 rings (SSSR count). The Bertz CT molecular complexity index is 545. The van der Waals surface area contributed by atoms with Crippen LogP contribution in [0.25, 0.3) is 0 Å². The van der Waals surface area contributed by atoms with E-state index in [1.807, 2.05) is 18.2 Å². The van der Waals surface area contributed by atoms with E-state index in [1.165, 1.54) is 6.08 Å². The number of rotatable bonds is 2. The third-order valence-electron chi connectivity index (χ3n) is 3.31. The van der Waals surface area contributed by atoms with Crippen molar-refractivity contribution in [3.8, 4) is 0 Å². The van der Waals surface area contributed by atoms with E-state index < -0.39 is 5.54 Å². The summed E-state index contributed by atoms with van der Waals surface area (Å²) < 4.78 is 0. The van der Waals surface area contributed by atoms with E-state index in [0.29, 0.717) is 5.56 Å². The molecule has 0 spiro atoms. The lowest BCUT2D eigenvalue weighted by Crippen LogP contribution is -2.58. The van der Waals surface area contributed by atoms with E-state index in [1.54, 1.807) is 30.3 Å². The Labute approximate surface area is 98.8 Å². The molecule has 0 radical (unpaired) electrons. The first-order valence-electron chi connectivity index (χ1n) is 5.52. The van der Waals surface area contributed by atoms with Crippen molar-refractivity contribution in [1.82, 2.24) is 5.32 Å². The Morgan fingerprint density at radius 1 is 1.18 bits per heavy atom. The van der Waals surface area contributed by atoms with Crippen molar-refractivity contribution in [2.24, 2.45) is 5.92 Å². The fraction of sp³-hybridized carbons (Fsp3) is 0.143. The quantitative estimate of drug-likeness (QED) is 0.775. The molecule has 0 fully saturated rings. The van der Waals surface area contributed by atoms with E-state index in [-0.39, 0.29) is 17.6 Å². The summed E-state index contributed by atoms with van der Waals surface area (Å²) in [5, 5.41) is 2.82. The number of hydrogen-bond acceptors (Lipinski definition) is 2. The summed E-state index contributed by atoms with van der Waals surface area (Å²) in [7, 11) is 0. The third kappa shape index (κ3) is 1.35. The summed E-state index contributed by atoms with van der Waals surface area (Å²) in [4.78, 5) is 23.8. The third-order valence-corrected chi connectivity index (χ3v) is 3.31. The van der Waals surface area contributed by atoms with Gasteiger partial charge in [-0.05, 0) is 18.2 Å². The second-order valence-electron chi connectivity index (χ2n) is 4.30. The van der Waals surface area contributed by atoms with Crippen LogP contribution in [0, 0.1) is 5.92 Å². The molecule has 0 aliphatic heterocycles. The SMILES string of the molecule is O=C(NC12C=CC1C=CC2=O)c1ccccc1. The molecule has 0 aromatic heterocycles. The number of nitrogens with one attached hydrogen (secondary N) is 1. The molecule has 0 saturated carbocycles. The van der Waals surface area contributed by atoms with E-state index in [9.17, 15) is 9.59 Å².